The maximum absolute atomic E-state index is 14.2. The molecule has 3 aromatic rings. The van der Waals surface area contributed by atoms with Gasteiger partial charge in [0.15, 0.2) is 0 Å². The standard InChI is InChI=1S/C19H17FN2O3S/c1-22-15(8-10-18(22)19(23)13-5-3-2-4-6-13)11-14-7-9-16(12-17(14)20)26(21,24)25/h2-10,12H,11H2,1H3,(H2,21,24,25). The minimum absolute atomic E-state index is 0.121. The van der Waals surface area contributed by atoms with Crippen LogP contribution in [0.2, 0.25) is 0 Å². The van der Waals surface area contributed by atoms with Crippen LogP contribution < -0.4 is 5.14 Å². The number of halogens is 1. The average Bonchev–Trinajstić information content (AvgIpc) is 2.96. The Morgan fingerprint density at radius 3 is 2.38 bits per heavy atom. The first-order chi connectivity index (χ1) is 12.3. The molecular weight excluding hydrogens is 355 g/mol. The zero-order valence-corrected chi connectivity index (χ0v) is 14.8. The highest BCUT2D eigenvalue weighted by molar-refractivity contribution is 7.89. The smallest absolute Gasteiger partial charge is 0.238 e. The quantitative estimate of drug-likeness (QED) is 0.699. The van der Waals surface area contributed by atoms with E-state index in [0.717, 1.165) is 11.8 Å². The minimum Gasteiger partial charge on any atom is -0.345 e. The van der Waals surface area contributed by atoms with Gasteiger partial charge in [-0.2, -0.15) is 0 Å². The summed E-state index contributed by atoms with van der Waals surface area (Å²) in [5, 5.41) is 5.01. The van der Waals surface area contributed by atoms with Gasteiger partial charge in [0.25, 0.3) is 0 Å². The van der Waals surface area contributed by atoms with Crippen molar-refractivity contribution in [3.8, 4) is 0 Å². The Balaban J connectivity index is 1.89. The monoisotopic (exact) mass is 372 g/mol. The molecule has 0 bridgehead atoms. The first-order valence-corrected chi connectivity index (χ1v) is 9.37. The van der Waals surface area contributed by atoms with Crippen molar-refractivity contribution in [3.63, 3.8) is 0 Å². The molecule has 0 spiro atoms. The molecule has 0 amide bonds. The van der Waals surface area contributed by atoms with Crippen molar-refractivity contribution in [2.75, 3.05) is 0 Å². The summed E-state index contributed by atoms with van der Waals surface area (Å²) in [7, 11) is -2.21. The second-order valence-electron chi connectivity index (χ2n) is 5.94. The third-order valence-corrected chi connectivity index (χ3v) is 5.13. The van der Waals surface area contributed by atoms with Crippen LogP contribution in [-0.2, 0) is 23.5 Å². The molecule has 1 heterocycles. The number of aromatic nitrogens is 1. The molecule has 0 saturated carbocycles. The van der Waals surface area contributed by atoms with Crippen molar-refractivity contribution < 1.29 is 17.6 Å². The molecule has 3 rings (SSSR count). The van der Waals surface area contributed by atoms with E-state index in [1.54, 1.807) is 48.0 Å². The van der Waals surface area contributed by atoms with Gasteiger partial charge in [-0.15, -0.1) is 0 Å². The SMILES string of the molecule is Cn1c(Cc2ccc(S(N)(=O)=O)cc2F)ccc1C(=O)c1ccccc1. The van der Waals surface area contributed by atoms with Crippen LogP contribution in [0.3, 0.4) is 0 Å². The van der Waals surface area contributed by atoms with E-state index in [0.29, 0.717) is 16.8 Å². The Labute approximate surface area is 150 Å². The van der Waals surface area contributed by atoms with Gasteiger partial charge in [-0.25, -0.2) is 17.9 Å². The zero-order chi connectivity index (χ0) is 18.9. The van der Waals surface area contributed by atoms with Crippen LogP contribution in [0.5, 0.6) is 0 Å². The van der Waals surface area contributed by atoms with E-state index in [9.17, 15) is 17.6 Å². The van der Waals surface area contributed by atoms with E-state index in [4.69, 9.17) is 5.14 Å². The summed E-state index contributed by atoms with van der Waals surface area (Å²) in [6, 6.07) is 15.9. The van der Waals surface area contributed by atoms with Crippen LogP contribution in [0, 0.1) is 5.82 Å². The summed E-state index contributed by atoms with van der Waals surface area (Å²) in [6.07, 6.45) is 0.218. The molecule has 0 radical (unpaired) electrons. The molecule has 0 unspecified atom stereocenters. The Hall–Kier alpha value is -2.77. The second kappa shape index (κ2) is 6.86. The number of hydrogen-bond donors (Lipinski definition) is 1. The number of rotatable bonds is 5. The van der Waals surface area contributed by atoms with Crippen molar-refractivity contribution in [3.05, 3.63) is 89.0 Å². The van der Waals surface area contributed by atoms with E-state index >= 15 is 0 Å². The van der Waals surface area contributed by atoms with E-state index in [1.807, 2.05) is 6.07 Å². The average molecular weight is 372 g/mol. The molecule has 2 aromatic carbocycles. The lowest BCUT2D eigenvalue weighted by atomic mass is 10.1. The third kappa shape index (κ3) is 3.58. The molecule has 0 aliphatic rings. The number of nitrogens with two attached hydrogens (primary N) is 1. The molecule has 7 heteroatoms. The van der Waals surface area contributed by atoms with Gasteiger partial charge in [0, 0.05) is 24.7 Å². The summed E-state index contributed by atoms with van der Waals surface area (Å²) < 4.78 is 38.5. The minimum atomic E-state index is -3.95. The predicted molar refractivity (Wildman–Crippen MR) is 95.9 cm³/mol. The van der Waals surface area contributed by atoms with Crippen molar-refractivity contribution in [1.29, 1.82) is 0 Å². The van der Waals surface area contributed by atoms with E-state index < -0.39 is 15.8 Å². The zero-order valence-electron chi connectivity index (χ0n) is 14.0. The van der Waals surface area contributed by atoms with Gasteiger partial charge in [0.1, 0.15) is 5.82 Å². The molecule has 26 heavy (non-hydrogen) atoms. The van der Waals surface area contributed by atoms with Crippen molar-refractivity contribution >= 4 is 15.8 Å². The van der Waals surface area contributed by atoms with E-state index in [-0.39, 0.29) is 17.1 Å². The van der Waals surface area contributed by atoms with Gasteiger partial charge in [-0.1, -0.05) is 36.4 Å². The van der Waals surface area contributed by atoms with Gasteiger partial charge < -0.3 is 4.57 Å². The van der Waals surface area contributed by atoms with Crippen LogP contribution in [-0.4, -0.2) is 18.8 Å². The number of hydrogen-bond acceptors (Lipinski definition) is 3. The largest absolute Gasteiger partial charge is 0.345 e. The molecular formula is C19H17FN2O3S. The number of ketones is 1. The highest BCUT2D eigenvalue weighted by Gasteiger charge is 2.16. The van der Waals surface area contributed by atoms with Crippen LogP contribution in [0.4, 0.5) is 4.39 Å². The summed E-state index contributed by atoms with van der Waals surface area (Å²) in [6.45, 7) is 0. The number of carbonyl (C=O) groups is 1. The van der Waals surface area contributed by atoms with Gasteiger partial charge in [-0.05, 0) is 29.8 Å². The number of nitrogens with zero attached hydrogens (tertiary/aromatic N) is 1. The van der Waals surface area contributed by atoms with Gasteiger partial charge in [-0.3, -0.25) is 4.79 Å². The number of primary sulfonamides is 1. The molecule has 1 aromatic heterocycles. The fraction of sp³-hybridized carbons (Fsp3) is 0.105. The normalized spacial score (nSPS) is 11.5. The predicted octanol–water partition coefficient (Wildman–Crippen LogP) is 2.63. The second-order valence-corrected chi connectivity index (χ2v) is 7.50. The Kier molecular flexibility index (Phi) is 4.76. The van der Waals surface area contributed by atoms with Crippen LogP contribution >= 0.6 is 0 Å². The number of carbonyl (C=O) groups excluding carboxylic acids is 1. The van der Waals surface area contributed by atoms with E-state index in [2.05, 4.69) is 0 Å². The molecule has 0 atom stereocenters. The highest BCUT2D eigenvalue weighted by Crippen LogP contribution is 2.20. The fourth-order valence-corrected chi connectivity index (χ4v) is 3.27. The number of sulfonamides is 1. The molecule has 0 aliphatic carbocycles. The number of benzene rings is 2. The van der Waals surface area contributed by atoms with Gasteiger partial charge >= 0.3 is 0 Å². The Morgan fingerprint density at radius 2 is 1.77 bits per heavy atom. The van der Waals surface area contributed by atoms with Crippen molar-refractivity contribution in [2.45, 2.75) is 11.3 Å². The molecule has 0 fully saturated rings. The topological polar surface area (TPSA) is 82.2 Å². The van der Waals surface area contributed by atoms with Crippen LogP contribution in [0.25, 0.3) is 0 Å². The molecule has 0 saturated heterocycles. The Bertz CT molecular complexity index is 1070. The summed E-state index contributed by atoms with van der Waals surface area (Å²) in [4.78, 5) is 12.3. The molecule has 5 nitrogen and oxygen atoms in total. The summed E-state index contributed by atoms with van der Waals surface area (Å²) in [5.74, 6) is -0.780. The van der Waals surface area contributed by atoms with Crippen molar-refractivity contribution in [1.82, 2.24) is 4.57 Å². The first-order valence-electron chi connectivity index (χ1n) is 7.83. The Morgan fingerprint density at radius 1 is 1.08 bits per heavy atom. The highest BCUT2D eigenvalue weighted by atomic mass is 32.2. The summed E-state index contributed by atoms with van der Waals surface area (Å²) >= 11 is 0. The lowest BCUT2D eigenvalue weighted by molar-refractivity contribution is 0.103. The first kappa shape index (κ1) is 18.0. The van der Waals surface area contributed by atoms with Gasteiger partial charge in [0.05, 0.1) is 10.6 Å². The molecule has 134 valence electrons. The van der Waals surface area contributed by atoms with Crippen molar-refractivity contribution in [2.24, 2.45) is 12.2 Å². The van der Waals surface area contributed by atoms with Crippen LogP contribution in [0.15, 0.2) is 65.6 Å². The molecule has 0 aliphatic heterocycles. The fourth-order valence-electron chi connectivity index (χ4n) is 2.74. The maximum atomic E-state index is 14.2. The maximum Gasteiger partial charge on any atom is 0.238 e. The van der Waals surface area contributed by atoms with Gasteiger partial charge in [0.2, 0.25) is 15.8 Å². The molecule has 2 N–H and O–H groups in total. The summed E-state index contributed by atoms with van der Waals surface area (Å²) in [5.41, 5.74) is 2.11. The van der Waals surface area contributed by atoms with Crippen LogP contribution in [0.1, 0.15) is 27.3 Å². The third-order valence-electron chi connectivity index (χ3n) is 4.22. The lowest BCUT2D eigenvalue weighted by Crippen LogP contribution is -2.13. The van der Waals surface area contributed by atoms with E-state index in [1.165, 1.54) is 12.1 Å². The lowest BCUT2D eigenvalue weighted by Gasteiger charge is -2.09.